The van der Waals surface area contributed by atoms with Crippen LogP contribution in [0.25, 0.3) is 0 Å². The van der Waals surface area contributed by atoms with Gasteiger partial charge in [-0.1, -0.05) is 18.6 Å². The summed E-state index contributed by atoms with van der Waals surface area (Å²) in [7, 11) is 0. The number of nitro groups is 1. The number of hydrogen-bond donors (Lipinski definition) is 1. The molecule has 1 saturated carbocycles. The minimum absolute atomic E-state index is 0.0757. The van der Waals surface area contributed by atoms with Gasteiger partial charge in [-0.3, -0.25) is 10.1 Å². The number of ether oxygens (including phenoxy) is 1. The van der Waals surface area contributed by atoms with Crippen LogP contribution in [0.4, 0.5) is 5.69 Å². The van der Waals surface area contributed by atoms with E-state index in [1.165, 1.54) is 18.9 Å². The first-order valence-corrected chi connectivity index (χ1v) is 7.62. The summed E-state index contributed by atoms with van der Waals surface area (Å²) in [6.07, 6.45) is 3.57. The number of nitrogens with two attached hydrogens (primary N) is 1. The standard InChI is InChI=1S/C14H19BrN2O3/c15-14-12(5-2-6-13(14)17(18)19)9-20-8-11-4-1-3-10(11)7-16/h2,5-6,10-11H,1,3-4,7-9,16H2. The Balaban J connectivity index is 1.91. The molecule has 0 bridgehead atoms. The molecule has 20 heavy (non-hydrogen) atoms. The van der Waals surface area contributed by atoms with Crippen LogP contribution in [0.5, 0.6) is 0 Å². The van der Waals surface area contributed by atoms with Crippen LogP contribution in [0, 0.1) is 22.0 Å². The predicted molar refractivity (Wildman–Crippen MR) is 80.3 cm³/mol. The van der Waals surface area contributed by atoms with E-state index in [9.17, 15) is 10.1 Å². The van der Waals surface area contributed by atoms with Crippen molar-refractivity contribution < 1.29 is 9.66 Å². The number of halogens is 1. The third-order valence-corrected chi connectivity index (χ3v) is 4.88. The molecule has 2 unspecified atom stereocenters. The van der Waals surface area contributed by atoms with Gasteiger partial charge in [0.1, 0.15) is 4.47 Å². The zero-order valence-electron chi connectivity index (χ0n) is 11.3. The topological polar surface area (TPSA) is 78.4 Å². The van der Waals surface area contributed by atoms with E-state index in [1.54, 1.807) is 6.07 Å². The molecule has 2 atom stereocenters. The fourth-order valence-electron chi connectivity index (χ4n) is 2.78. The Bertz CT molecular complexity index is 481. The third-order valence-electron chi connectivity index (χ3n) is 3.96. The van der Waals surface area contributed by atoms with Crippen LogP contribution in [0.2, 0.25) is 0 Å². The van der Waals surface area contributed by atoms with Crippen molar-refractivity contribution in [3.05, 3.63) is 38.3 Å². The lowest BCUT2D eigenvalue weighted by Gasteiger charge is -2.17. The maximum Gasteiger partial charge on any atom is 0.283 e. The van der Waals surface area contributed by atoms with Gasteiger partial charge < -0.3 is 10.5 Å². The van der Waals surface area contributed by atoms with Gasteiger partial charge in [0, 0.05) is 6.07 Å². The highest BCUT2D eigenvalue weighted by atomic mass is 79.9. The SMILES string of the molecule is NCC1CCCC1COCc1cccc([N+](=O)[O-])c1Br. The molecule has 0 heterocycles. The summed E-state index contributed by atoms with van der Waals surface area (Å²) in [5.41, 5.74) is 6.63. The summed E-state index contributed by atoms with van der Waals surface area (Å²) in [5.74, 6) is 1.08. The second-order valence-corrected chi connectivity index (χ2v) is 6.00. The zero-order chi connectivity index (χ0) is 14.5. The predicted octanol–water partition coefficient (Wildman–Crippen LogP) is 3.25. The highest BCUT2D eigenvalue weighted by Crippen LogP contribution is 2.32. The summed E-state index contributed by atoms with van der Waals surface area (Å²) in [6, 6.07) is 5.00. The highest BCUT2D eigenvalue weighted by Gasteiger charge is 2.26. The van der Waals surface area contributed by atoms with Gasteiger partial charge in [0.2, 0.25) is 0 Å². The molecule has 1 aliphatic carbocycles. The largest absolute Gasteiger partial charge is 0.376 e. The number of rotatable bonds is 6. The van der Waals surface area contributed by atoms with Gasteiger partial charge in [0.15, 0.2) is 0 Å². The van der Waals surface area contributed by atoms with Crippen LogP contribution >= 0.6 is 15.9 Å². The van der Waals surface area contributed by atoms with Crippen molar-refractivity contribution in [1.82, 2.24) is 0 Å². The molecule has 1 aromatic carbocycles. The maximum absolute atomic E-state index is 10.9. The molecule has 0 aromatic heterocycles. The van der Waals surface area contributed by atoms with E-state index < -0.39 is 4.92 Å². The van der Waals surface area contributed by atoms with Crippen LogP contribution in [0.15, 0.2) is 22.7 Å². The Morgan fingerprint density at radius 1 is 1.40 bits per heavy atom. The third kappa shape index (κ3) is 3.56. The summed E-state index contributed by atoms with van der Waals surface area (Å²) < 4.78 is 6.25. The van der Waals surface area contributed by atoms with Crippen molar-refractivity contribution in [2.24, 2.45) is 17.6 Å². The molecule has 2 N–H and O–H groups in total. The first kappa shape index (κ1) is 15.4. The van der Waals surface area contributed by atoms with Crippen molar-refractivity contribution in [3.63, 3.8) is 0 Å². The molecule has 5 nitrogen and oxygen atoms in total. The molecule has 110 valence electrons. The average Bonchev–Trinajstić information content (AvgIpc) is 2.88. The molecule has 1 fully saturated rings. The van der Waals surface area contributed by atoms with Crippen molar-refractivity contribution in [2.45, 2.75) is 25.9 Å². The van der Waals surface area contributed by atoms with Gasteiger partial charge in [-0.25, -0.2) is 0 Å². The lowest BCUT2D eigenvalue weighted by atomic mass is 9.97. The van der Waals surface area contributed by atoms with Crippen molar-refractivity contribution in [1.29, 1.82) is 0 Å². The van der Waals surface area contributed by atoms with Crippen molar-refractivity contribution in [2.75, 3.05) is 13.2 Å². The van der Waals surface area contributed by atoms with Crippen LogP contribution in [-0.2, 0) is 11.3 Å². The lowest BCUT2D eigenvalue weighted by Crippen LogP contribution is -2.22. The smallest absolute Gasteiger partial charge is 0.283 e. The van der Waals surface area contributed by atoms with Gasteiger partial charge in [-0.2, -0.15) is 0 Å². The second-order valence-electron chi connectivity index (χ2n) is 5.21. The number of nitro benzene ring substituents is 1. The Kier molecular flexibility index (Phi) is 5.51. The summed E-state index contributed by atoms with van der Waals surface area (Å²) in [5, 5.41) is 10.9. The quantitative estimate of drug-likeness (QED) is 0.635. The molecule has 6 heteroatoms. The zero-order valence-corrected chi connectivity index (χ0v) is 12.8. The summed E-state index contributed by atoms with van der Waals surface area (Å²) in [4.78, 5) is 10.5. The average molecular weight is 343 g/mol. The van der Waals surface area contributed by atoms with E-state index in [2.05, 4.69) is 15.9 Å². The van der Waals surface area contributed by atoms with E-state index >= 15 is 0 Å². The van der Waals surface area contributed by atoms with E-state index in [0.29, 0.717) is 36.1 Å². The van der Waals surface area contributed by atoms with E-state index in [0.717, 1.165) is 12.0 Å². The number of hydrogen-bond acceptors (Lipinski definition) is 4. The molecule has 1 aromatic rings. The Hall–Kier alpha value is -0.980. The normalized spacial score (nSPS) is 22.1. The number of benzene rings is 1. The maximum atomic E-state index is 10.9. The molecule has 1 aliphatic rings. The Morgan fingerprint density at radius 3 is 2.85 bits per heavy atom. The van der Waals surface area contributed by atoms with Crippen molar-refractivity contribution in [3.8, 4) is 0 Å². The molecule has 0 saturated heterocycles. The van der Waals surface area contributed by atoms with Gasteiger partial charge in [0.05, 0.1) is 18.1 Å². The first-order valence-electron chi connectivity index (χ1n) is 6.83. The molecular formula is C14H19BrN2O3. The molecule has 0 amide bonds. The molecular weight excluding hydrogens is 324 g/mol. The molecule has 0 radical (unpaired) electrons. The van der Waals surface area contributed by atoms with Crippen LogP contribution in [0.1, 0.15) is 24.8 Å². The van der Waals surface area contributed by atoms with Gasteiger partial charge in [-0.05, 0) is 52.7 Å². The van der Waals surface area contributed by atoms with E-state index in [1.807, 2.05) is 6.07 Å². The fourth-order valence-corrected chi connectivity index (χ4v) is 3.31. The summed E-state index contributed by atoms with van der Waals surface area (Å²) in [6.45, 7) is 1.78. The molecule has 0 spiro atoms. The lowest BCUT2D eigenvalue weighted by molar-refractivity contribution is -0.385. The van der Waals surface area contributed by atoms with Gasteiger partial charge in [0.25, 0.3) is 5.69 Å². The van der Waals surface area contributed by atoms with Crippen molar-refractivity contribution >= 4 is 21.6 Å². The van der Waals surface area contributed by atoms with Crippen LogP contribution in [-0.4, -0.2) is 18.1 Å². The second kappa shape index (κ2) is 7.15. The monoisotopic (exact) mass is 342 g/mol. The Morgan fingerprint density at radius 2 is 2.15 bits per heavy atom. The fraction of sp³-hybridized carbons (Fsp3) is 0.571. The van der Waals surface area contributed by atoms with E-state index in [-0.39, 0.29) is 5.69 Å². The van der Waals surface area contributed by atoms with Crippen LogP contribution < -0.4 is 5.73 Å². The first-order chi connectivity index (χ1) is 9.63. The highest BCUT2D eigenvalue weighted by molar-refractivity contribution is 9.10. The van der Waals surface area contributed by atoms with Gasteiger partial charge >= 0.3 is 0 Å². The van der Waals surface area contributed by atoms with Crippen LogP contribution in [0.3, 0.4) is 0 Å². The summed E-state index contributed by atoms with van der Waals surface area (Å²) >= 11 is 3.28. The number of nitrogens with zero attached hydrogens (tertiary/aromatic N) is 1. The Labute approximate surface area is 126 Å². The molecule has 0 aliphatic heterocycles. The minimum Gasteiger partial charge on any atom is -0.376 e. The van der Waals surface area contributed by atoms with E-state index in [4.69, 9.17) is 10.5 Å². The molecule has 2 rings (SSSR count). The van der Waals surface area contributed by atoms with Gasteiger partial charge in [-0.15, -0.1) is 0 Å². The minimum atomic E-state index is -0.394.